The van der Waals surface area contributed by atoms with Crippen LogP contribution in [0.4, 0.5) is 11.5 Å². The van der Waals surface area contributed by atoms with Crippen molar-refractivity contribution >= 4 is 23.3 Å². The molecule has 0 atom stereocenters. The second kappa shape index (κ2) is 11.2. The van der Waals surface area contributed by atoms with Crippen molar-refractivity contribution in [1.82, 2.24) is 30.4 Å². The number of ether oxygens (including phenoxy) is 1. The fourth-order valence-electron chi connectivity index (χ4n) is 4.54. The van der Waals surface area contributed by atoms with E-state index < -0.39 is 0 Å². The molecule has 40 heavy (non-hydrogen) atoms. The summed E-state index contributed by atoms with van der Waals surface area (Å²) in [5.41, 5.74) is 5.14. The van der Waals surface area contributed by atoms with Crippen LogP contribution in [-0.4, -0.2) is 55.6 Å². The van der Waals surface area contributed by atoms with E-state index in [1.54, 1.807) is 24.1 Å². The highest BCUT2D eigenvalue weighted by Crippen LogP contribution is 2.31. The molecule has 0 fully saturated rings. The molecule has 206 valence electrons. The molecule has 2 aromatic heterocycles. The lowest BCUT2D eigenvalue weighted by Crippen LogP contribution is -2.43. The van der Waals surface area contributed by atoms with Crippen LogP contribution < -0.4 is 15.4 Å². The summed E-state index contributed by atoms with van der Waals surface area (Å²) in [6.45, 7) is 8.30. The van der Waals surface area contributed by atoms with E-state index >= 15 is 0 Å². The van der Waals surface area contributed by atoms with E-state index in [9.17, 15) is 9.59 Å². The summed E-state index contributed by atoms with van der Waals surface area (Å²) in [6, 6.07) is 15.4. The van der Waals surface area contributed by atoms with Crippen molar-refractivity contribution in [3.05, 3.63) is 72.2 Å². The monoisotopic (exact) mass is 539 g/mol. The SMILES string of the molecule is CC(=O)N1CCc2nc(-c3cccc(OCC(=O)NC(C)(C)C)c3)nc(Nc3ccc(-c4cn[nH]c4)cc3)c2C1. The van der Waals surface area contributed by atoms with E-state index in [0.29, 0.717) is 36.9 Å². The molecule has 10 nitrogen and oxygen atoms in total. The quantitative estimate of drug-likeness (QED) is 0.316. The number of carbonyl (C=O) groups excluding carboxylic acids is 2. The van der Waals surface area contributed by atoms with Gasteiger partial charge in [0, 0.05) is 54.0 Å². The third-order valence-corrected chi connectivity index (χ3v) is 6.46. The lowest BCUT2D eigenvalue weighted by atomic mass is 10.0. The molecule has 3 N–H and O–H groups in total. The number of fused-ring (bicyclic) bond motifs is 1. The van der Waals surface area contributed by atoms with Crippen LogP contribution in [0.5, 0.6) is 5.75 Å². The van der Waals surface area contributed by atoms with Crippen molar-refractivity contribution in [2.24, 2.45) is 0 Å². The number of benzene rings is 2. The van der Waals surface area contributed by atoms with Gasteiger partial charge in [-0.25, -0.2) is 9.97 Å². The largest absolute Gasteiger partial charge is 0.484 e. The molecule has 3 heterocycles. The zero-order chi connectivity index (χ0) is 28.3. The Hall–Kier alpha value is -4.73. The van der Waals surface area contributed by atoms with Crippen LogP contribution in [-0.2, 0) is 22.6 Å². The molecule has 2 amide bonds. The van der Waals surface area contributed by atoms with Gasteiger partial charge in [0.15, 0.2) is 12.4 Å². The van der Waals surface area contributed by atoms with Gasteiger partial charge in [0.05, 0.1) is 18.4 Å². The average molecular weight is 540 g/mol. The molecule has 0 spiro atoms. The van der Waals surface area contributed by atoms with Crippen molar-refractivity contribution in [3.63, 3.8) is 0 Å². The molecule has 1 aliphatic rings. The summed E-state index contributed by atoms with van der Waals surface area (Å²) < 4.78 is 5.76. The topological polar surface area (TPSA) is 125 Å². The van der Waals surface area contributed by atoms with Crippen molar-refractivity contribution in [1.29, 1.82) is 0 Å². The van der Waals surface area contributed by atoms with Crippen molar-refractivity contribution in [3.8, 4) is 28.3 Å². The van der Waals surface area contributed by atoms with Crippen LogP contribution in [0.1, 0.15) is 39.0 Å². The fraction of sp³-hybridized carbons (Fsp3) is 0.300. The number of anilines is 2. The predicted molar refractivity (Wildman–Crippen MR) is 153 cm³/mol. The van der Waals surface area contributed by atoms with Crippen LogP contribution in [0.25, 0.3) is 22.5 Å². The van der Waals surface area contributed by atoms with Gasteiger partial charge in [0.25, 0.3) is 5.91 Å². The molecule has 2 aromatic carbocycles. The summed E-state index contributed by atoms with van der Waals surface area (Å²) in [5, 5.41) is 13.2. The van der Waals surface area contributed by atoms with E-state index in [1.165, 1.54) is 0 Å². The molecule has 0 aliphatic carbocycles. The van der Waals surface area contributed by atoms with Crippen molar-refractivity contribution in [2.45, 2.75) is 46.2 Å². The molecular weight excluding hydrogens is 506 g/mol. The maximum absolute atomic E-state index is 12.2. The highest BCUT2D eigenvalue weighted by Gasteiger charge is 2.25. The van der Waals surface area contributed by atoms with Gasteiger partial charge in [0.2, 0.25) is 5.91 Å². The Bertz CT molecular complexity index is 1510. The Morgan fingerprint density at radius 3 is 2.55 bits per heavy atom. The fourth-order valence-corrected chi connectivity index (χ4v) is 4.54. The number of hydrogen-bond acceptors (Lipinski definition) is 7. The Kier molecular flexibility index (Phi) is 7.50. The van der Waals surface area contributed by atoms with Crippen molar-refractivity contribution < 1.29 is 14.3 Å². The molecule has 0 unspecified atom stereocenters. The zero-order valence-electron chi connectivity index (χ0n) is 23.1. The van der Waals surface area contributed by atoms with E-state index in [0.717, 1.165) is 33.6 Å². The second-order valence-corrected chi connectivity index (χ2v) is 10.8. The molecule has 0 saturated heterocycles. The Morgan fingerprint density at radius 2 is 1.85 bits per heavy atom. The number of hydrogen-bond donors (Lipinski definition) is 3. The average Bonchev–Trinajstić information content (AvgIpc) is 3.46. The van der Waals surface area contributed by atoms with Crippen LogP contribution in [0.15, 0.2) is 60.9 Å². The van der Waals surface area contributed by atoms with Gasteiger partial charge in [-0.3, -0.25) is 14.7 Å². The number of H-pyrrole nitrogens is 1. The number of amides is 2. The minimum atomic E-state index is -0.333. The molecular formula is C30H33N7O3. The first-order valence-electron chi connectivity index (χ1n) is 13.2. The third-order valence-electron chi connectivity index (χ3n) is 6.46. The standard InChI is InChI=1S/C30H33N7O3/c1-19(38)37-13-12-26-25(17-37)29(33-23-10-8-20(9-11-23)22-15-31-32-16-22)35-28(34-26)21-6-5-7-24(14-21)40-18-27(39)36-30(2,3)4/h5-11,14-16H,12-13,17-18H2,1-4H3,(H,31,32)(H,36,39)(H,33,34,35). The van der Waals surface area contributed by atoms with Gasteiger partial charge in [0.1, 0.15) is 11.6 Å². The van der Waals surface area contributed by atoms with Gasteiger partial charge >= 0.3 is 0 Å². The van der Waals surface area contributed by atoms with Gasteiger partial charge in [-0.1, -0.05) is 24.3 Å². The lowest BCUT2D eigenvalue weighted by molar-refractivity contribution is -0.129. The lowest BCUT2D eigenvalue weighted by Gasteiger charge is -2.29. The first-order chi connectivity index (χ1) is 19.1. The van der Waals surface area contributed by atoms with Crippen LogP contribution in [0.3, 0.4) is 0 Å². The van der Waals surface area contributed by atoms with Gasteiger partial charge < -0.3 is 20.3 Å². The highest BCUT2D eigenvalue weighted by atomic mass is 16.5. The number of aromatic nitrogens is 4. The highest BCUT2D eigenvalue weighted by molar-refractivity contribution is 5.78. The van der Waals surface area contributed by atoms with E-state index in [2.05, 4.69) is 20.8 Å². The molecule has 0 bridgehead atoms. The Balaban J connectivity index is 1.43. The van der Waals surface area contributed by atoms with Gasteiger partial charge in [-0.15, -0.1) is 0 Å². The minimum Gasteiger partial charge on any atom is -0.484 e. The summed E-state index contributed by atoms with van der Waals surface area (Å²) in [4.78, 5) is 36.0. The maximum atomic E-state index is 12.2. The first kappa shape index (κ1) is 26.9. The van der Waals surface area contributed by atoms with Crippen LogP contribution in [0, 0.1) is 0 Å². The number of aromatic amines is 1. The number of carbonyl (C=O) groups is 2. The minimum absolute atomic E-state index is 0.0190. The predicted octanol–water partition coefficient (Wildman–Crippen LogP) is 4.48. The normalized spacial score (nSPS) is 12.9. The third kappa shape index (κ3) is 6.45. The molecule has 0 radical (unpaired) electrons. The summed E-state index contributed by atoms with van der Waals surface area (Å²) in [6.07, 6.45) is 4.25. The molecule has 5 rings (SSSR count). The molecule has 4 aromatic rings. The van der Waals surface area contributed by atoms with E-state index in [-0.39, 0.29) is 24.0 Å². The number of nitrogens with zero attached hydrogens (tertiary/aromatic N) is 4. The number of rotatable bonds is 7. The Morgan fingerprint density at radius 1 is 1.05 bits per heavy atom. The smallest absolute Gasteiger partial charge is 0.258 e. The Labute approximate surface area is 233 Å². The summed E-state index contributed by atoms with van der Waals surface area (Å²) in [7, 11) is 0. The van der Waals surface area contributed by atoms with Crippen LogP contribution >= 0.6 is 0 Å². The van der Waals surface area contributed by atoms with E-state index in [4.69, 9.17) is 14.7 Å². The van der Waals surface area contributed by atoms with E-state index in [1.807, 2.05) is 69.4 Å². The number of nitrogens with one attached hydrogen (secondary N) is 3. The molecule has 10 heteroatoms. The first-order valence-corrected chi connectivity index (χ1v) is 13.2. The molecule has 0 saturated carbocycles. The van der Waals surface area contributed by atoms with Crippen molar-refractivity contribution in [2.75, 3.05) is 18.5 Å². The zero-order valence-corrected chi connectivity index (χ0v) is 23.1. The van der Waals surface area contributed by atoms with Gasteiger partial charge in [-0.05, 0) is 50.6 Å². The summed E-state index contributed by atoms with van der Waals surface area (Å²) >= 11 is 0. The maximum Gasteiger partial charge on any atom is 0.258 e. The molecule has 1 aliphatic heterocycles. The van der Waals surface area contributed by atoms with Crippen LogP contribution in [0.2, 0.25) is 0 Å². The van der Waals surface area contributed by atoms with Gasteiger partial charge in [-0.2, -0.15) is 5.10 Å². The second-order valence-electron chi connectivity index (χ2n) is 10.8. The summed E-state index contributed by atoms with van der Waals surface area (Å²) in [5.74, 6) is 1.57.